The lowest BCUT2D eigenvalue weighted by atomic mass is 9.99. The van der Waals surface area contributed by atoms with E-state index in [0.29, 0.717) is 5.92 Å². The number of carbonyl (C=O) groups excluding carboxylic acids is 1. The Balaban J connectivity index is 1.73. The maximum absolute atomic E-state index is 12.3. The predicted molar refractivity (Wildman–Crippen MR) is 82.9 cm³/mol. The number of aromatic nitrogens is 3. The summed E-state index contributed by atoms with van der Waals surface area (Å²) in [5.41, 5.74) is 0.852. The van der Waals surface area contributed by atoms with Gasteiger partial charge in [0.1, 0.15) is 11.6 Å². The Morgan fingerprint density at radius 2 is 2.23 bits per heavy atom. The zero-order chi connectivity index (χ0) is 15.5. The van der Waals surface area contributed by atoms with Gasteiger partial charge in [-0.25, -0.2) is 4.98 Å². The quantitative estimate of drug-likeness (QED) is 0.919. The second kappa shape index (κ2) is 6.34. The molecule has 1 aliphatic heterocycles. The van der Waals surface area contributed by atoms with Gasteiger partial charge in [-0.1, -0.05) is 19.0 Å². The standard InChI is InChI=1S/C16H22N4O2/c1-3-11(4-2)12-9-13(22-19-12)16(21)18-15-10-17-14-7-5-6-8-20(14)15/h9-11H,3-8H2,1-2H3,(H,18,21). The summed E-state index contributed by atoms with van der Waals surface area (Å²) in [5, 5.41) is 6.92. The van der Waals surface area contributed by atoms with E-state index in [4.69, 9.17) is 4.52 Å². The minimum atomic E-state index is -0.266. The third-order valence-electron chi connectivity index (χ3n) is 4.37. The van der Waals surface area contributed by atoms with E-state index < -0.39 is 0 Å². The van der Waals surface area contributed by atoms with Crippen LogP contribution >= 0.6 is 0 Å². The Kier molecular flexibility index (Phi) is 4.27. The molecule has 3 heterocycles. The van der Waals surface area contributed by atoms with Crippen molar-refractivity contribution >= 4 is 11.7 Å². The zero-order valence-electron chi connectivity index (χ0n) is 13.1. The predicted octanol–water partition coefficient (Wildman–Crippen LogP) is 3.36. The van der Waals surface area contributed by atoms with Gasteiger partial charge < -0.3 is 14.4 Å². The van der Waals surface area contributed by atoms with E-state index in [9.17, 15) is 4.79 Å². The molecule has 6 heteroatoms. The van der Waals surface area contributed by atoms with E-state index in [1.807, 2.05) is 0 Å². The number of aryl methyl sites for hydroxylation is 1. The molecule has 0 saturated heterocycles. The Hall–Kier alpha value is -2.11. The van der Waals surface area contributed by atoms with Gasteiger partial charge in [0.15, 0.2) is 0 Å². The second-order valence-electron chi connectivity index (χ2n) is 5.75. The van der Waals surface area contributed by atoms with Crippen LogP contribution in [-0.4, -0.2) is 20.6 Å². The van der Waals surface area contributed by atoms with Crippen molar-refractivity contribution in [1.82, 2.24) is 14.7 Å². The van der Waals surface area contributed by atoms with Gasteiger partial charge in [-0.15, -0.1) is 0 Å². The summed E-state index contributed by atoms with van der Waals surface area (Å²) in [6.07, 6.45) is 6.94. The lowest BCUT2D eigenvalue weighted by Gasteiger charge is -2.16. The van der Waals surface area contributed by atoms with Gasteiger partial charge in [0.25, 0.3) is 5.91 Å². The van der Waals surface area contributed by atoms with Gasteiger partial charge in [0, 0.05) is 24.9 Å². The second-order valence-corrected chi connectivity index (χ2v) is 5.75. The smallest absolute Gasteiger partial charge is 0.295 e. The van der Waals surface area contributed by atoms with E-state index in [-0.39, 0.29) is 11.7 Å². The fourth-order valence-electron chi connectivity index (χ4n) is 2.99. The molecule has 1 amide bonds. The summed E-state index contributed by atoms with van der Waals surface area (Å²) >= 11 is 0. The van der Waals surface area contributed by atoms with Gasteiger partial charge in [-0.05, 0) is 25.7 Å². The van der Waals surface area contributed by atoms with Crippen molar-refractivity contribution in [2.24, 2.45) is 0 Å². The number of nitrogens with zero attached hydrogens (tertiary/aromatic N) is 3. The summed E-state index contributed by atoms with van der Waals surface area (Å²) in [6.45, 7) is 5.13. The molecule has 0 fully saturated rings. The third kappa shape index (κ3) is 2.77. The summed E-state index contributed by atoms with van der Waals surface area (Å²) < 4.78 is 7.28. The molecular formula is C16H22N4O2. The molecule has 0 aromatic carbocycles. The van der Waals surface area contributed by atoms with Crippen LogP contribution in [0.3, 0.4) is 0 Å². The zero-order valence-corrected chi connectivity index (χ0v) is 13.1. The summed E-state index contributed by atoms with van der Waals surface area (Å²) in [5.74, 6) is 2.11. The first-order valence-corrected chi connectivity index (χ1v) is 8.05. The molecular weight excluding hydrogens is 280 g/mol. The number of carbonyl (C=O) groups is 1. The van der Waals surface area contributed by atoms with Crippen LogP contribution in [0, 0.1) is 0 Å². The van der Waals surface area contributed by atoms with Gasteiger partial charge in [0.2, 0.25) is 5.76 Å². The molecule has 0 radical (unpaired) electrons. The fourth-order valence-corrected chi connectivity index (χ4v) is 2.99. The number of imidazole rings is 1. The highest BCUT2D eigenvalue weighted by molar-refractivity contribution is 6.01. The van der Waals surface area contributed by atoms with Gasteiger partial charge >= 0.3 is 0 Å². The highest BCUT2D eigenvalue weighted by Crippen LogP contribution is 2.23. The van der Waals surface area contributed by atoms with Crippen LogP contribution in [0.4, 0.5) is 5.82 Å². The summed E-state index contributed by atoms with van der Waals surface area (Å²) in [7, 11) is 0. The number of hydrogen-bond acceptors (Lipinski definition) is 4. The first-order chi connectivity index (χ1) is 10.7. The first kappa shape index (κ1) is 14.8. The molecule has 6 nitrogen and oxygen atoms in total. The van der Waals surface area contributed by atoms with E-state index in [0.717, 1.165) is 56.0 Å². The Labute approximate surface area is 129 Å². The molecule has 0 unspecified atom stereocenters. The van der Waals surface area contributed by atoms with Crippen LogP contribution in [0.2, 0.25) is 0 Å². The van der Waals surface area contributed by atoms with Crippen molar-refractivity contribution in [3.05, 3.63) is 29.5 Å². The molecule has 2 aromatic rings. The van der Waals surface area contributed by atoms with Crippen LogP contribution in [-0.2, 0) is 13.0 Å². The average molecular weight is 302 g/mol. The van der Waals surface area contributed by atoms with Crippen molar-refractivity contribution in [1.29, 1.82) is 0 Å². The molecule has 118 valence electrons. The minimum absolute atomic E-state index is 0.258. The third-order valence-corrected chi connectivity index (χ3v) is 4.37. The van der Waals surface area contributed by atoms with Gasteiger partial charge in [0.05, 0.1) is 11.9 Å². The Bertz CT molecular complexity index is 655. The van der Waals surface area contributed by atoms with Crippen molar-refractivity contribution in [2.75, 3.05) is 5.32 Å². The molecule has 0 atom stereocenters. The van der Waals surface area contributed by atoms with E-state index in [1.165, 1.54) is 0 Å². The average Bonchev–Trinajstić information content (AvgIpc) is 3.17. The summed E-state index contributed by atoms with van der Waals surface area (Å²) in [6, 6.07) is 1.75. The van der Waals surface area contributed by atoms with Gasteiger partial charge in [-0.2, -0.15) is 0 Å². The molecule has 1 aliphatic rings. The lowest BCUT2D eigenvalue weighted by molar-refractivity contribution is 0.0987. The van der Waals surface area contributed by atoms with E-state index in [1.54, 1.807) is 12.3 Å². The van der Waals surface area contributed by atoms with Crippen LogP contribution in [0.15, 0.2) is 16.8 Å². The van der Waals surface area contributed by atoms with Crippen LogP contribution in [0.1, 0.15) is 67.5 Å². The molecule has 1 N–H and O–H groups in total. The number of rotatable bonds is 5. The maximum atomic E-state index is 12.3. The van der Waals surface area contributed by atoms with E-state index >= 15 is 0 Å². The first-order valence-electron chi connectivity index (χ1n) is 8.05. The van der Waals surface area contributed by atoms with Gasteiger partial charge in [-0.3, -0.25) is 4.79 Å². The largest absolute Gasteiger partial charge is 0.351 e. The van der Waals surface area contributed by atoms with Crippen molar-refractivity contribution in [3.8, 4) is 0 Å². The molecule has 0 aliphatic carbocycles. The number of amides is 1. The fraction of sp³-hybridized carbons (Fsp3) is 0.562. The van der Waals surface area contributed by atoms with Crippen LogP contribution < -0.4 is 5.32 Å². The monoisotopic (exact) mass is 302 g/mol. The number of hydrogen-bond donors (Lipinski definition) is 1. The highest BCUT2D eigenvalue weighted by Gasteiger charge is 2.20. The molecule has 2 aromatic heterocycles. The SMILES string of the molecule is CCC(CC)c1cc(C(=O)Nc2cnc3n2CCCC3)on1. The number of anilines is 1. The maximum Gasteiger partial charge on any atom is 0.295 e. The molecule has 0 spiro atoms. The van der Waals surface area contributed by atoms with E-state index in [2.05, 4.69) is 33.9 Å². The van der Waals surface area contributed by atoms with Crippen molar-refractivity contribution < 1.29 is 9.32 Å². The highest BCUT2D eigenvalue weighted by atomic mass is 16.5. The minimum Gasteiger partial charge on any atom is -0.351 e. The van der Waals surface area contributed by atoms with Crippen LogP contribution in [0.25, 0.3) is 0 Å². The molecule has 0 bridgehead atoms. The van der Waals surface area contributed by atoms with Crippen molar-refractivity contribution in [3.63, 3.8) is 0 Å². The molecule has 22 heavy (non-hydrogen) atoms. The summed E-state index contributed by atoms with van der Waals surface area (Å²) in [4.78, 5) is 16.7. The Morgan fingerprint density at radius 3 is 3.00 bits per heavy atom. The van der Waals surface area contributed by atoms with Crippen molar-refractivity contribution in [2.45, 2.75) is 58.4 Å². The molecule has 0 saturated carbocycles. The Morgan fingerprint density at radius 1 is 1.41 bits per heavy atom. The van der Waals surface area contributed by atoms with Crippen LogP contribution in [0.5, 0.6) is 0 Å². The molecule has 3 rings (SSSR count). The topological polar surface area (TPSA) is 73.0 Å². The lowest BCUT2D eigenvalue weighted by Crippen LogP contribution is -2.17. The number of fused-ring (bicyclic) bond motifs is 1. The number of nitrogens with one attached hydrogen (secondary N) is 1. The normalized spacial score (nSPS) is 14.1.